The van der Waals surface area contributed by atoms with E-state index < -0.39 is 0 Å². The molecule has 1 saturated carbocycles. The Bertz CT molecular complexity index is 797. The van der Waals surface area contributed by atoms with Crippen molar-refractivity contribution in [3.63, 3.8) is 0 Å². The average Bonchev–Trinajstić information content (AvgIpc) is 3.08. The van der Waals surface area contributed by atoms with E-state index in [-0.39, 0.29) is 23.9 Å². The fraction of sp³-hybridized carbons (Fsp3) is 0.500. The minimum atomic E-state index is -0.0271. The highest BCUT2D eigenvalue weighted by atomic mass is 16.2. The Morgan fingerprint density at radius 3 is 3.00 bits per heavy atom. The zero-order valence-corrected chi connectivity index (χ0v) is 14.5. The molecular weight excluding hydrogens is 314 g/mol. The lowest BCUT2D eigenvalue weighted by Crippen LogP contribution is -2.55. The number of benzene rings is 1. The minimum absolute atomic E-state index is 0.0271. The number of amides is 2. The number of carbonyl (C=O) groups is 2. The van der Waals surface area contributed by atoms with E-state index >= 15 is 0 Å². The molecule has 5 nitrogen and oxygen atoms in total. The van der Waals surface area contributed by atoms with Crippen molar-refractivity contribution in [2.45, 2.75) is 51.1 Å². The molecule has 4 atom stereocenters. The van der Waals surface area contributed by atoms with Gasteiger partial charge in [0.1, 0.15) is 0 Å². The van der Waals surface area contributed by atoms with Gasteiger partial charge in [0.2, 0.25) is 5.91 Å². The summed E-state index contributed by atoms with van der Waals surface area (Å²) in [5.41, 5.74) is 1.72. The molecule has 0 radical (unpaired) electrons. The van der Waals surface area contributed by atoms with Crippen LogP contribution in [0.3, 0.4) is 0 Å². The van der Waals surface area contributed by atoms with Crippen LogP contribution in [0.1, 0.15) is 49.4 Å². The summed E-state index contributed by atoms with van der Waals surface area (Å²) in [7, 11) is 0. The van der Waals surface area contributed by atoms with Crippen molar-refractivity contribution in [3.8, 4) is 0 Å². The predicted molar refractivity (Wildman–Crippen MR) is 97.2 cm³/mol. The van der Waals surface area contributed by atoms with Gasteiger partial charge in [-0.25, -0.2) is 0 Å². The molecule has 1 aromatic carbocycles. The zero-order chi connectivity index (χ0) is 17.4. The number of fused-ring (bicyclic) bond motifs is 2. The Morgan fingerprint density at radius 2 is 2.16 bits per heavy atom. The smallest absolute Gasteiger partial charge is 0.251 e. The van der Waals surface area contributed by atoms with E-state index in [1.165, 1.54) is 0 Å². The van der Waals surface area contributed by atoms with Crippen LogP contribution in [0.4, 0.5) is 0 Å². The summed E-state index contributed by atoms with van der Waals surface area (Å²) in [4.78, 5) is 27.7. The van der Waals surface area contributed by atoms with Crippen LogP contribution in [-0.2, 0) is 4.79 Å². The van der Waals surface area contributed by atoms with Crippen molar-refractivity contribution in [2.24, 2.45) is 11.8 Å². The van der Waals surface area contributed by atoms with E-state index in [0.717, 1.165) is 36.6 Å². The van der Waals surface area contributed by atoms with Crippen molar-refractivity contribution in [2.75, 3.05) is 0 Å². The Morgan fingerprint density at radius 1 is 1.28 bits per heavy atom. The van der Waals surface area contributed by atoms with Gasteiger partial charge in [0.25, 0.3) is 5.91 Å². The highest BCUT2D eigenvalue weighted by Crippen LogP contribution is 2.37. The normalized spacial score (nSPS) is 29.1. The van der Waals surface area contributed by atoms with Gasteiger partial charge in [-0.3, -0.25) is 9.59 Å². The maximum absolute atomic E-state index is 12.6. The summed E-state index contributed by atoms with van der Waals surface area (Å²) in [6.07, 6.45) is 6.50. The molecule has 0 spiro atoms. The summed E-state index contributed by atoms with van der Waals surface area (Å²) in [5, 5.41) is 7.37. The fourth-order valence-corrected chi connectivity index (χ4v) is 4.62. The molecule has 1 aromatic heterocycles. The molecule has 132 valence electrons. The van der Waals surface area contributed by atoms with Gasteiger partial charge in [-0.2, -0.15) is 0 Å². The number of aromatic amines is 1. The highest BCUT2D eigenvalue weighted by molar-refractivity contribution is 5.98. The summed E-state index contributed by atoms with van der Waals surface area (Å²) in [6, 6.07) is 8.02. The van der Waals surface area contributed by atoms with Gasteiger partial charge in [0.05, 0.1) is 0 Å². The van der Waals surface area contributed by atoms with Gasteiger partial charge in [-0.05, 0) is 55.4 Å². The van der Waals surface area contributed by atoms with E-state index in [4.69, 9.17) is 0 Å². The summed E-state index contributed by atoms with van der Waals surface area (Å²) < 4.78 is 0. The van der Waals surface area contributed by atoms with E-state index in [0.29, 0.717) is 23.8 Å². The SMILES string of the molecule is CCC1CC(=O)NC2CC(NC(=O)c3ccc4[nH]ccc4c3)CCC12. The summed E-state index contributed by atoms with van der Waals surface area (Å²) >= 11 is 0. The Balaban J connectivity index is 1.43. The van der Waals surface area contributed by atoms with Gasteiger partial charge in [-0.15, -0.1) is 0 Å². The molecule has 2 amide bonds. The average molecular weight is 339 g/mol. The molecule has 3 N–H and O–H groups in total. The molecule has 2 heterocycles. The van der Waals surface area contributed by atoms with Gasteiger partial charge in [0, 0.05) is 41.2 Å². The second kappa shape index (κ2) is 6.54. The Kier molecular flexibility index (Phi) is 4.24. The summed E-state index contributed by atoms with van der Waals surface area (Å²) in [6.45, 7) is 2.17. The lowest BCUT2D eigenvalue weighted by Gasteiger charge is -2.44. The monoisotopic (exact) mass is 339 g/mol. The van der Waals surface area contributed by atoms with Crippen molar-refractivity contribution >= 4 is 22.7 Å². The summed E-state index contributed by atoms with van der Waals surface area (Å²) in [5.74, 6) is 1.19. The van der Waals surface area contributed by atoms with Crippen LogP contribution in [0, 0.1) is 11.8 Å². The maximum atomic E-state index is 12.6. The van der Waals surface area contributed by atoms with Crippen LogP contribution in [0.2, 0.25) is 0 Å². The molecule has 1 saturated heterocycles. The number of aromatic nitrogens is 1. The van der Waals surface area contributed by atoms with E-state index in [2.05, 4.69) is 22.5 Å². The van der Waals surface area contributed by atoms with Crippen molar-refractivity contribution in [1.82, 2.24) is 15.6 Å². The van der Waals surface area contributed by atoms with Gasteiger partial charge >= 0.3 is 0 Å². The van der Waals surface area contributed by atoms with Crippen molar-refractivity contribution in [3.05, 3.63) is 36.0 Å². The molecule has 4 unspecified atom stereocenters. The quantitative estimate of drug-likeness (QED) is 0.804. The number of piperidine rings is 1. The van der Waals surface area contributed by atoms with Gasteiger partial charge in [0.15, 0.2) is 0 Å². The van der Waals surface area contributed by atoms with Crippen molar-refractivity contribution < 1.29 is 9.59 Å². The third-order valence-corrected chi connectivity index (χ3v) is 5.98. The molecule has 5 heteroatoms. The highest BCUT2D eigenvalue weighted by Gasteiger charge is 2.40. The molecule has 4 rings (SSSR count). The van der Waals surface area contributed by atoms with Gasteiger partial charge in [-0.1, -0.05) is 13.3 Å². The number of nitrogens with one attached hydrogen (secondary N) is 3. The van der Waals surface area contributed by atoms with Crippen LogP contribution in [0.15, 0.2) is 30.5 Å². The van der Waals surface area contributed by atoms with Crippen LogP contribution in [0.25, 0.3) is 10.9 Å². The lowest BCUT2D eigenvalue weighted by molar-refractivity contribution is -0.127. The number of hydrogen-bond acceptors (Lipinski definition) is 2. The van der Waals surface area contributed by atoms with E-state index in [9.17, 15) is 9.59 Å². The van der Waals surface area contributed by atoms with Crippen molar-refractivity contribution in [1.29, 1.82) is 0 Å². The number of rotatable bonds is 3. The van der Waals surface area contributed by atoms with Crippen LogP contribution >= 0.6 is 0 Å². The molecule has 25 heavy (non-hydrogen) atoms. The van der Waals surface area contributed by atoms with Crippen LogP contribution < -0.4 is 10.6 Å². The molecular formula is C20H25N3O2. The first kappa shape index (κ1) is 16.2. The molecule has 2 aliphatic rings. The minimum Gasteiger partial charge on any atom is -0.361 e. The maximum Gasteiger partial charge on any atom is 0.251 e. The van der Waals surface area contributed by atoms with Crippen LogP contribution in [-0.4, -0.2) is 28.9 Å². The lowest BCUT2D eigenvalue weighted by atomic mass is 9.70. The topological polar surface area (TPSA) is 74.0 Å². The predicted octanol–water partition coefficient (Wildman–Crippen LogP) is 2.98. The van der Waals surface area contributed by atoms with E-state index in [1.54, 1.807) is 0 Å². The fourth-order valence-electron chi connectivity index (χ4n) is 4.62. The molecule has 1 aliphatic heterocycles. The molecule has 2 aromatic rings. The first-order chi connectivity index (χ1) is 12.1. The second-order valence-corrected chi connectivity index (χ2v) is 7.47. The molecule has 1 aliphatic carbocycles. The van der Waals surface area contributed by atoms with E-state index in [1.807, 2.05) is 30.5 Å². The third-order valence-electron chi connectivity index (χ3n) is 5.98. The molecule has 2 fully saturated rings. The second-order valence-electron chi connectivity index (χ2n) is 7.47. The van der Waals surface area contributed by atoms with Crippen LogP contribution in [0.5, 0.6) is 0 Å². The van der Waals surface area contributed by atoms with Gasteiger partial charge < -0.3 is 15.6 Å². The number of H-pyrrole nitrogens is 1. The first-order valence-electron chi connectivity index (χ1n) is 9.31. The number of hydrogen-bond donors (Lipinski definition) is 3. The Hall–Kier alpha value is -2.30. The Labute approximate surface area is 147 Å². The number of carbonyl (C=O) groups excluding carboxylic acids is 2. The molecule has 0 bridgehead atoms. The standard InChI is InChI=1S/C20H25N3O2/c1-2-12-10-19(24)23-18-11-15(4-5-16(12)18)22-20(25)14-3-6-17-13(9-14)7-8-21-17/h3,6-9,12,15-16,18,21H,2,4-5,10-11H2,1H3,(H,22,25)(H,23,24). The first-order valence-corrected chi connectivity index (χ1v) is 9.31. The zero-order valence-electron chi connectivity index (χ0n) is 14.5. The third kappa shape index (κ3) is 3.15. The largest absolute Gasteiger partial charge is 0.361 e.